The lowest BCUT2D eigenvalue weighted by Crippen LogP contribution is -2.44. The fraction of sp³-hybridized carbons (Fsp3) is 0.265. The summed E-state index contributed by atoms with van der Waals surface area (Å²) in [5.41, 5.74) is 5.23. The first-order valence-electron chi connectivity index (χ1n) is 13.5. The van der Waals surface area contributed by atoms with Crippen molar-refractivity contribution < 1.29 is 4.79 Å². The van der Waals surface area contributed by atoms with E-state index in [1.54, 1.807) is 0 Å². The standard InChI is InChI=1S/C34H34N2O.ClH/c37-33-34(30-16-8-3-9-17-30,22-25-35-23-20-29(21-24-35)28-14-6-2-7-15-28)31-18-10-11-19-32(31)36(33)26-27-12-4-1-5-13-27;/h1-19,29H,20-26H2;1H. The number of likely N-dealkylation sites (tertiary alicyclic amines) is 1. The van der Waals surface area contributed by atoms with E-state index in [0.717, 1.165) is 48.4 Å². The molecule has 2 heterocycles. The summed E-state index contributed by atoms with van der Waals surface area (Å²) in [4.78, 5) is 19.1. The Kier molecular flexibility index (Phi) is 7.97. The van der Waals surface area contributed by atoms with Crippen LogP contribution in [0.2, 0.25) is 0 Å². The zero-order valence-corrected chi connectivity index (χ0v) is 22.5. The monoisotopic (exact) mass is 522 g/mol. The third-order valence-electron chi connectivity index (χ3n) is 8.38. The van der Waals surface area contributed by atoms with Crippen molar-refractivity contribution in [3.63, 3.8) is 0 Å². The number of hydrogen-bond donors (Lipinski definition) is 0. The highest BCUT2D eigenvalue weighted by Crippen LogP contribution is 2.49. The van der Waals surface area contributed by atoms with Gasteiger partial charge in [-0.05, 0) is 73.1 Å². The van der Waals surface area contributed by atoms with Crippen molar-refractivity contribution in [1.82, 2.24) is 4.90 Å². The first kappa shape index (κ1) is 26.2. The number of anilines is 1. The number of amides is 1. The van der Waals surface area contributed by atoms with Crippen LogP contribution in [0, 0.1) is 0 Å². The van der Waals surface area contributed by atoms with Gasteiger partial charge in [-0.2, -0.15) is 0 Å². The molecule has 2 aliphatic heterocycles. The summed E-state index contributed by atoms with van der Waals surface area (Å²) >= 11 is 0. The Morgan fingerprint density at radius 2 is 1.29 bits per heavy atom. The molecule has 0 aliphatic carbocycles. The molecule has 1 unspecified atom stereocenters. The number of halogens is 1. The van der Waals surface area contributed by atoms with Gasteiger partial charge in [0.15, 0.2) is 0 Å². The van der Waals surface area contributed by atoms with E-state index in [1.807, 2.05) is 29.2 Å². The van der Waals surface area contributed by atoms with E-state index in [9.17, 15) is 4.79 Å². The first-order valence-corrected chi connectivity index (χ1v) is 13.5. The average Bonchev–Trinajstić information content (AvgIpc) is 3.21. The van der Waals surface area contributed by atoms with Gasteiger partial charge in [-0.1, -0.05) is 109 Å². The molecule has 1 amide bonds. The number of para-hydroxylation sites is 1. The topological polar surface area (TPSA) is 23.6 Å². The van der Waals surface area contributed by atoms with Crippen LogP contribution in [-0.4, -0.2) is 30.4 Å². The van der Waals surface area contributed by atoms with Crippen molar-refractivity contribution in [3.8, 4) is 0 Å². The van der Waals surface area contributed by atoms with Crippen LogP contribution in [-0.2, 0) is 16.8 Å². The second kappa shape index (κ2) is 11.6. The zero-order chi connectivity index (χ0) is 25.1. The van der Waals surface area contributed by atoms with Gasteiger partial charge in [-0.25, -0.2) is 0 Å². The van der Waals surface area contributed by atoms with Crippen molar-refractivity contribution in [1.29, 1.82) is 0 Å². The van der Waals surface area contributed by atoms with E-state index < -0.39 is 5.41 Å². The molecular weight excluding hydrogens is 488 g/mol. The minimum absolute atomic E-state index is 0. The Bertz CT molecular complexity index is 1340. The highest BCUT2D eigenvalue weighted by Gasteiger charge is 2.51. The molecule has 1 atom stereocenters. The summed E-state index contributed by atoms with van der Waals surface area (Å²) < 4.78 is 0. The summed E-state index contributed by atoms with van der Waals surface area (Å²) in [5.74, 6) is 0.832. The van der Waals surface area contributed by atoms with Crippen LogP contribution in [0.25, 0.3) is 0 Å². The molecule has 1 saturated heterocycles. The molecule has 194 valence electrons. The lowest BCUT2D eigenvalue weighted by Gasteiger charge is -2.36. The molecule has 4 aromatic rings. The molecule has 0 N–H and O–H groups in total. The van der Waals surface area contributed by atoms with Crippen LogP contribution in [0.1, 0.15) is 47.4 Å². The Morgan fingerprint density at radius 1 is 0.711 bits per heavy atom. The molecule has 0 saturated carbocycles. The number of fused-ring (bicyclic) bond motifs is 1. The first-order chi connectivity index (χ1) is 18.3. The van der Waals surface area contributed by atoms with Crippen LogP contribution in [0.15, 0.2) is 115 Å². The van der Waals surface area contributed by atoms with Crippen LogP contribution >= 0.6 is 12.4 Å². The van der Waals surface area contributed by atoms with Crippen molar-refractivity contribution in [2.45, 2.75) is 37.1 Å². The highest BCUT2D eigenvalue weighted by atomic mass is 35.5. The molecule has 0 bridgehead atoms. The molecule has 0 radical (unpaired) electrons. The number of nitrogens with zero attached hydrogens (tertiary/aromatic N) is 2. The molecule has 4 heteroatoms. The summed E-state index contributed by atoms with van der Waals surface area (Å²) in [6, 6.07) is 40.1. The van der Waals surface area contributed by atoms with Crippen molar-refractivity contribution in [3.05, 3.63) is 138 Å². The molecule has 2 aliphatic rings. The quantitative estimate of drug-likeness (QED) is 0.256. The zero-order valence-electron chi connectivity index (χ0n) is 21.7. The van der Waals surface area contributed by atoms with E-state index in [1.165, 1.54) is 18.4 Å². The Morgan fingerprint density at radius 3 is 1.97 bits per heavy atom. The third-order valence-corrected chi connectivity index (χ3v) is 8.38. The maximum Gasteiger partial charge on any atom is 0.242 e. The van der Waals surface area contributed by atoms with Crippen LogP contribution in [0.5, 0.6) is 0 Å². The number of benzene rings is 4. The average molecular weight is 523 g/mol. The number of carbonyl (C=O) groups is 1. The number of hydrogen-bond acceptors (Lipinski definition) is 2. The van der Waals surface area contributed by atoms with Gasteiger partial charge in [-0.3, -0.25) is 4.79 Å². The van der Waals surface area contributed by atoms with Crippen LogP contribution in [0.3, 0.4) is 0 Å². The van der Waals surface area contributed by atoms with Gasteiger partial charge in [0, 0.05) is 5.69 Å². The van der Waals surface area contributed by atoms with Crippen molar-refractivity contribution in [2.75, 3.05) is 24.5 Å². The molecular formula is C34H35ClN2O. The van der Waals surface area contributed by atoms with Gasteiger partial charge in [0.25, 0.3) is 0 Å². The Hall–Kier alpha value is -3.40. The molecule has 0 spiro atoms. The maximum absolute atomic E-state index is 14.5. The lowest BCUT2D eigenvalue weighted by molar-refractivity contribution is -0.122. The predicted octanol–water partition coefficient (Wildman–Crippen LogP) is 7.21. The Labute approximate surface area is 232 Å². The van der Waals surface area contributed by atoms with E-state index in [-0.39, 0.29) is 18.3 Å². The molecule has 1 fully saturated rings. The van der Waals surface area contributed by atoms with Gasteiger partial charge in [0.2, 0.25) is 5.91 Å². The fourth-order valence-corrected chi connectivity index (χ4v) is 6.38. The second-order valence-electron chi connectivity index (χ2n) is 10.4. The smallest absolute Gasteiger partial charge is 0.242 e. The normalized spacial score (nSPS) is 19.7. The van der Waals surface area contributed by atoms with Crippen molar-refractivity contribution >= 4 is 24.0 Å². The molecule has 4 aromatic carbocycles. The van der Waals surface area contributed by atoms with Gasteiger partial charge in [-0.15, -0.1) is 12.4 Å². The minimum Gasteiger partial charge on any atom is -0.307 e. The van der Waals surface area contributed by atoms with E-state index >= 15 is 0 Å². The van der Waals surface area contributed by atoms with Gasteiger partial charge in [0.05, 0.1) is 6.54 Å². The third kappa shape index (κ3) is 4.89. The molecule has 38 heavy (non-hydrogen) atoms. The number of piperidine rings is 1. The minimum atomic E-state index is -0.664. The predicted molar refractivity (Wildman–Crippen MR) is 158 cm³/mol. The van der Waals surface area contributed by atoms with Gasteiger partial charge < -0.3 is 9.80 Å². The summed E-state index contributed by atoms with van der Waals surface area (Å²) in [6.07, 6.45) is 3.13. The SMILES string of the molecule is Cl.O=C1N(Cc2ccccc2)c2ccccc2C1(CCN1CCC(c2ccccc2)CC1)c1ccccc1. The molecule has 3 nitrogen and oxygen atoms in total. The summed E-state index contributed by atoms with van der Waals surface area (Å²) in [6.45, 7) is 3.66. The van der Waals surface area contributed by atoms with Crippen molar-refractivity contribution in [2.24, 2.45) is 0 Å². The number of rotatable bonds is 7. The van der Waals surface area contributed by atoms with Gasteiger partial charge in [0.1, 0.15) is 5.41 Å². The van der Waals surface area contributed by atoms with Crippen LogP contribution < -0.4 is 4.90 Å². The molecule has 6 rings (SSSR count). The summed E-state index contributed by atoms with van der Waals surface area (Å²) in [7, 11) is 0. The van der Waals surface area contributed by atoms with Crippen LogP contribution in [0.4, 0.5) is 5.69 Å². The lowest BCUT2D eigenvalue weighted by atomic mass is 9.72. The van der Waals surface area contributed by atoms with E-state index in [2.05, 4.69) is 95.9 Å². The summed E-state index contributed by atoms with van der Waals surface area (Å²) in [5, 5.41) is 0. The number of carbonyl (C=O) groups excluding carboxylic acids is 1. The van der Waals surface area contributed by atoms with Gasteiger partial charge >= 0.3 is 0 Å². The van der Waals surface area contributed by atoms with E-state index in [4.69, 9.17) is 0 Å². The van der Waals surface area contributed by atoms with E-state index in [0.29, 0.717) is 12.5 Å². The fourth-order valence-electron chi connectivity index (χ4n) is 6.38. The second-order valence-corrected chi connectivity index (χ2v) is 10.4. The largest absolute Gasteiger partial charge is 0.307 e. The maximum atomic E-state index is 14.5. The molecule has 0 aromatic heterocycles. The highest BCUT2D eigenvalue weighted by molar-refractivity contribution is 6.10. The Balaban J connectivity index is 0.00000294.